The number of hydrogen-bond donors (Lipinski definition) is 3. The predicted octanol–water partition coefficient (Wildman–Crippen LogP) is -1.00. The molecule has 0 aromatic carbocycles. The number of amides is 3. The summed E-state index contributed by atoms with van der Waals surface area (Å²) < 4.78 is 0. The van der Waals surface area contributed by atoms with E-state index in [1.165, 1.54) is 12.2 Å². The SMILES string of the molecule is CC(=CCCO)C(N)=O.O=C1C=CC(=O)N1. The molecule has 0 radical (unpaired) electrons. The molecule has 6 heteroatoms. The number of rotatable bonds is 3. The minimum Gasteiger partial charge on any atom is -0.396 e. The highest BCUT2D eigenvalue weighted by atomic mass is 16.3. The van der Waals surface area contributed by atoms with Gasteiger partial charge in [-0.1, -0.05) is 6.08 Å². The first-order valence-corrected chi connectivity index (χ1v) is 4.57. The minimum absolute atomic E-state index is 0.0601. The lowest BCUT2D eigenvalue weighted by Crippen LogP contribution is -2.19. The molecule has 0 saturated carbocycles. The monoisotopic (exact) mass is 226 g/mol. The molecule has 0 spiro atoms. The molecule has 0 aromatic heterocycles. The summed E-state index contributed by atoms with van der Waals surface area (Å²) in [7, 11) is 0. The molecular weight excluding hydrogens is 212 g/mol. The van der Waals surface area contributed by atoms with Gasteiger partial charge in [0.25, 0.3) is 11.8 Å². The van der Waals surface area contributed by atoms with Gasteiger partial charge in [-0.2, -0.15) is 0 Å². The van der Waals surface area contributed by atoms with E-state index in [-0.39, 0.29) is 18.4 Å². The number of aliphatic hydroxyl groups excluding tert-OH is 1. The maximum absolute atomic E-state index is 10.3. The van der Waals surface area contributed by atoms with Crippen LogP contribution in [0.1, 0.15) is 13.3 Å². The molecule has 4 N–H and O–H groups in total. The Balaban J connectivity index is 0.000000288. The standard InChI is InChI=1S/C6H11NO2.C4H3NO2/c1-5(6(7)9)3-2-4-8;6-3-1-2-4(7)5-3/h3,8H,2,4H2,1H3,(H2,7,9);1-2H,(H,5,6,7). The average Bonchev–Trinajstić information content (AvgIpc) is 2.59. The molecule has 0 aliphatic carbocycles. The van der Waals surface area contributed by atoms with Crippen molar-refractivity contribution in [2.24, 2.45) is 5.73 Å². The molecule has 88 valence electrons. The van der Waals surface area contributed by atoms with Gasteiger partial charge in [0.1, 0.15) is 0 Å². The summed E-state index contributed by atoms with van der Waals surface area (Å²) in [6, 6.07) is 0. The van der Waals surface area contributed by atoms with Crippen molar-refractivity contribution < 1.29 is 19.5 Å². The number of carbonyl (C=O) groups excluding carboxylic acids is 3. The number of hydrogen-bond acceptors (Lipinski definition) is 4. The van der Waals surface area contributed by atoms with Gasteiger partial charge in [-0.3, -0.25) is 19.7 Å². The third-order valence-corrected chi connectivity index (χ3v) is 1.60. The van der Waals surface area contributed by atoms with Gasteiger partial charge >= 0.3 is 0 Å². The third kappa shape index (κ3) is 6.50. The Morgan fingerprint density at radius 1 is 1.44 bits per heavy atom. The molecule has 1 aliphatic heterocycles. The molecule has 0 aromatic rings. The van der Waals surface area contributed by atoms with Gasteiger partial charge in [-0.25, -0.2) is 0 Å². The lowest BCUT2D eigenvalue weighted by Gasteiger charge is -1.90. The molecule has 0 atom stereocenters. The van der Waals surface area contributed by atoms with Gasteiger partial charge in [0.15, 0.2) is 0 Å². The van der Waals surface area contributed by atoms with E-state index in [4.69, 9.17) is 10.8 Å². The van der Waals surface area contributed by atoms with Crippen molar-refractivity contribution in [2.45, 2.75) is 13.3 Å². The zero-order valence-electron chi connectivity index (χ0n) is 8.90. The van der Waals surface area contributed by atoms with E-state index >= 15 is 0 Å². The second-order valence-corrected chi connectivity index (χ2v) is 2.95. The summed E-state index contributed by atoms with van der Waals surface area (Å²) in [4.78, 5) is 30.3. The molecule has 0 unspecified atom stereocenters. The molecule has 0 saturated heterocycles. The summed E-state index contributed by atoms with van der Waals surface area (Å²) in [5.41, 5.74) is 5.39. The summed E-state index contributed by atoms with van der Waals surface area (Å²) >= 11 is 0. The van der Waals surface area contributed by atoms with Crippen LogP contribution in [-0.4, -0.2) is 29.4 Å². The van der Waals surface area contributed by atoms with Crippen molar-refractivity contribution in [1.29, 1.82) is 0 Å². The first-order valence-electron chi connectivity index (χ1n) is 4.57. The van der Waals surface area contributed by atoms with E-state index in [1.54, 1.807) is 13.0 Å². The zero-order valence-corrected chi connectivity index (χ0v) is 8.90. The van der Waals surface area contributed by atoms with Crippen molar-refractivity contribution in [3.8, 4) is 0 Å². The lowest BCUT2D eigenvalue weighted by molar-refractivity contribution is -0.123. The average molecular weight is 226 g/mol. The first kappa shape index (κ1) is 14.1. The minimum atomic E-state index is -0.427. The fraction of sp³-hybridized carbons (Fsp3) is 0.300. The Morgan fingerprint density at radius 3 is 2.19 bits per heavy atom. The molecule has 0 fully saturated rings. The number of primary amides is 1. The van der Waals surface area contributed by atoms with Crippen molar-refractivity contribution in [2.75, 3.05) is 6.61 Å². The fourth-order valence-electron chi connectivity index (χ4n) is 0.738. The Labute approximate surface area is 92.8 Å². The van der Waals surface area contributed by atoms with Crippen LogP contribution in [0.25, 0.3) is 0 Å². The van der Waals surface area contributed by atoms with Crippen LogP contribution in [0.5, 0.6) is 0 Å². The molecule has 3 amide bonds. The molecule has 1 rings (SSSR count). The highest BCUT2D eigenvalue weighted by molar-refractivity contribution is 6.12. The molecule has 16 heavy (non-hydrogen) atoms. The first-order chi connectivity index (χ1) is 7.47. The Bertz CT molecular complexity index is 329. The third-order valence-electron chi connectivity index (χ3n) is 1.60. The highest BCUT2D eigenvalue weighted by Gasteiger charge is 2.06. The maximum Gasteiger partial charge on any atom is 0.250 e. The lowest BCUT2D eigenvalue weighted by atomic mass is 10.2. The van der Waals surface area contributed by atoms with Gasteiger partial charge in [-0.15, -0.1) is 0 Å². The summed E-state index contributed by atoms with van der Waals surface area (Å²) in [6.07, 6.45) is 4.50. The zero-order chi connectivity index (χ0) is 12.6. The number of aliphatic hydroxyl groups is 1. The highest BCUT2D eigenvalue weighted by Crippen LogP contribution is 1.91. The fourth-order valence-corrected chi connectivity index (χ4v) is 0.738. The smallest absolute Gasteiger partial charge is 0.250 e. The quantitative estimate of drug-likeness (QED) is 0.423. The van der Waals surface area contributed by atoms with E-state index in [9.17, 15) is 14.4 Å². The molecule has 6 nitrogen and oxygen atoms in total. The number of nitrogens with one attached hydrogen (secondary N) is 1. The molecule has 1 heterocycles. The van der Waals surface area contributed by atoms with Crippen LogP contribution in [0, 0.1) is 0 Å². The Hall–Kier alpha value is -1.95. The number of imide groups is 1. The van der Waals surface area contributed by atoms with Crippen LogP contribution in [0.2, 0.25) is 0 Å². The van der Waals surface area contributed by atoms with Gasteiger partial charge in [0.2, 0.25) is 5.91 Å². The van der Waals surface area contributed by atoms with Crippen LogP contribution >= 0.6 is 0 Å². The van der Waals surface area contributed by atoms with Crippen molar-refractivity contribution in [3.63, 3.8) is 0 Å². The Kier molecular flexibility index (Phi) is 6.46. The Morgan fingerprint density at radius 2 is 1.94 bits per heavy atom. The number of nitrogens with two attached hydrogens (primary N) is 1. The molecular formula is C10H14N2O4. The van der Waals surface area contributed by atoms with Crippen LogP contribution in [-0.2, 0) is 14.4 Å². The van der Waals surface area contributed by atoms with Gasteiger partial charge in [0, 0.05) is 24.3 Å². The number of carbonyl (C=O) groups is 3. The van der Waals surface area contributed by atoms with Crippen molar-refractivity contribution in [3.05, 3.63) is 23.8 Å². The van der Waals surface area contributed by atoms with Crippen LogP contribution < -0.4 is 11.1 Å². The van der Waals surface area contributed by atoms with E-state index in [2.05, 4.69) is 0 Å². The summed E-state index contributed by atoms with van der Waals surface area (Å²) in [5, 5.41) is 10.3. The largest absolute Gasteiger partial charge is 0.396 e. The van der Waals surface area contributed by atoms with Crippen LogP contribution in [0.15, 0.2) is 23.8 Å². The van der Waals surface area contributed by atoms with Gasteiger partial charge in [-0.05, 0) is 13.3 Å². The maximum atomic E-state index is 10.3. The molecule has 0 bridgehead atoms. The summed E-state index contributed by atoms with van der Waals surface area (Å²) in [5.74, 6) is -1.08. The van der Waals surface area contributed by atoms with Gasteiger partial charge in [0.05, 0.1) is 0 Å². The molecule has 1 aliphatic rings. The second kappa shape index (κ2) is 7.36. The second-order valence-electron chi connectivity index (χ2n) is 2.95. The van der Waals surface area contributed by atoms with Crippen molar-refractivity contribution in [1.82, 2.24) is 5.32 Å². The normalized spacial score (nSPS) is 14.2. The van der Waals surface area contributed by atoms with Crippen LogP contribution in [0.4, 0.5) is 0 Å². The predicted molar refractivity (Wildman–Crippen MR) is 56.9 cm³/mol. The van der Waals surface area contributed by atoms with E-state index in [1.807, 2.05) is 5.32 Å². The van der Waals surface area contributed by atoms with Crippen LogP contribution in [0.3, 0.4) is 0 Å². The van der Waals surface area contributed by atoms with E-state index in [0.717, 1.165) is 0 Å². The van der Waals surface area contributed by atoms with Crippen molar-refractivity contribution >= 4 is 17.7 Å². The topological polar surface area (TPSA) is 109 Å². The summed E-state index contributed by atoms with van der Waals surface area (Å²) in [6.45, 7) is 1.68. The van der Waals surface area contributed by atoms with E-state index < -0.39 is 5.91 Å². The van der Waals surface area contributed by atoms with E-state index in [0.29, 0.717) is 12.0 Å². The van der Waals surface area contributed by atoms with Gasteiger partial charge < -0.3 is 10.8 Å².